The van der Waals surface area contributed by atoms with Crippen LogP contribution in [0.1, 0.15) is 18.5 Å². The first kappa shape index (κ1) is 12.4. The smallest absolute Gasteiger partial charge is 0.233 e. The van der Waals surface area contributed by atoms with Crippen molar-refractivity contribution in [3.8, 4) is 0 Å². The van der Waals surface area contributed by atoms with Crippen molar-refractivity contribution >= 4 is 23.4 Å². The highest BCUT2D eigenvalue weighted by atomic mass is 35.5. The Hall–Kier alpha value is -1.68. The van der Waals surface area contributed by atoms with Crippen molar-refractivity contribution in [1.29, 1.82) is 0 Å². The van der Waals surface area contributed by atoms with Gasteiger partial charge >= 0.3 is 0 Å². The van der Waals surface area contributed by atoms with E-state index in [2.05, 4.69) is 4.98 Å². The molecular weight excluding hydrogens is 264 g/mol. The summed E-state index contributed by atoms with van der Waals surface area (Å²) in [4.78, 5) is 29.9. The van der Waals surface area contributed by atoms with Crippen molar-refractivity contribution in [2.45, 2.75) is 19.4 Å². The maximum atomic E-state index is 12.2. The molecule has 0 N–H and O–H groups in total. The molecule has 1 fully saturated rings. The van der Waals surface area contributed by atoms with Crippen LogP contribution in [0.2, 0.25) is 5.02 Å². The SMILES string of the molecule is O=C1[C@H]2CC=CC[C@H]2C(=O)N1Cc1ccc(Cl)cn1. The van der Waals surface area contributed by atoms with Gasteiger partial charge in [0.15, 0.2) is 0 Å². The van der Waals surface area contributed by atoms with Gasteiger partial charge in [0.2, 0.25) is 11.8 Å². The number of imide groups is 1. The number of halogens is 1. The summed E-state index contributed by atoms with van der Waals surface area (Å²) >= 11 is 5.77. The summed E-state index contributed by atoms with van der Waals surface area (Å²) in [6.45, 7) is 0.238. The van der Waals surface area contributed by atoms with Crippen molar-refractivity contribution < 1.29 is 9.59 Å². The molecule has 2 atom stereocenters. The van der Waals surface area contributed by atoms with Gasteiger partial charge < -0.3 is 0 Å². The molecule has 19 heavy (non-hydrogen) atoms. The van der Waals surface area contributed by atoms with Gasteiger partial charge in [-0.05, 0) is 25.0 Å². The zero-order chi connectivity index (χ0) is 13.4. The summed E-state index contributed by atoms with van der Waals surface area (Å²) in [7, 11) is 0. The normalized spacial score (nSPS) is 25.8. The van der Waals surface area contributed by atoms with Gasteiger partial charge in [-0.1, -0.05) is 23.8 Å². The third-order valence-corrected chi connectivity index (χ3v) is 3.93. The predicted octanol–water partition coefficient (Wildman–Crippen LogP) is 2.19. The van der Waals surface area contributed by atoms with Crippen LogP contribution in [0.15, 0.2) is 30.5 Å². The number of aromatic nitrogens is 1. The van der Waals surface area contributed by atoms with E-state index in [1.54, 1.807) is 12.1 Å². The van der Waals surface area contributed by atoms with Gasteiger partial charge in [-0.2, -0.15) is 0 Å². The third kappa shape index (κ3) is 2.16. The summed E-state index contributed by atoms with van der Waals surface area (Å²) in [5.41, 5.74) is 0.678. The number of carbonyl (C=O) groups excluding carboxylic acids is 2. The van der Waals surface area contributed by atoms with E-state index in [0.29, 0.717) is 23.6 Å². The lowest BCUT2D eigenvalue weighted by Crippen LogP contribution is -2.30. The molecule has 0 unspecified atom stereocenters. The van der Waals surface area contributed by atoms with E-state index in [1.165, 1.54) is 11.1 Å². The maximum Gasteiger partial charge on any atom is 0.233 e. The maximum absolute atomic E-state index is 12.2. The summed E-state index contributed by atoms with van der Waals surface area (Å²) in [5, 5.41) is 0.542. The minimum Gasteiger partial charge on any atom is -0.276 e. The molecule has 0 aromatic carbocycles. The number of likely N-dealkylation sites (tertiary alicyclic amines) is 1. The first-order chi connectivity index (χ1) is 9.16. The lowest BCUT2D eigenvalue weighted by molar-refractivity contribution is -0.140. The molecule has 3 rings (SSSR count). The highest BCUT2D eigenvalue weighted by Gasteiger charge is 2.47. The Balaban J connectivity index is 1.80. The highest BCUT2D eigenvalue weighted by molar-refractivity contribution is 6.30. The molecule has 5 heteroatoms. The zero-order valence-electron chi connectivity index (χ0n) is 10.3. The van der Waals surface area contributed by atoms with Crippen molar-refractivity contribution in [1.82, 2.24) is 9.88 Å². The van der Waals surface area contributed by atoms with Crippen LogP contribution < -0.4 is 0 Å². The molecule has 0 radical (unpaired) electrons. The van der Waals surface area contributed by atoms with Crippen LogP contribution in [0.25, 0.3) is 0 Å². The molecular formula is C14H13ClN2O2. The molecule has 98 valence electrons. The fourth-order valence-electron chi connectivity index (χ4n) is 2.69. The van der Waals surface area contributed by atoms with E-state index in [1.807, 2.05) is 12.2 Å². The summed E-state index contributed by atoms with van der Waals surface area (Å²) in [6.07, 6.45) is 6.82. The van der Waals surface area contributed by atoms with Crippen LogP contribution in [0, 0.1) is 11.8 Å². The molecule has 2 aliphatic rings. The fourth-order valence-corrected chi connectivity index (χ4v) is 2.80. The van der Waals surface area contributed by atoms with Crippen molar-refractivity contribution in [3.63, 3.8) is 0 Å². The number of hydrogen-bond acceptors (Lipinski definition) is 3. The number of fused-ring (bicyclic) bond motifs is 1. The summed E-state index contributed by atoms with van der Waals surface area (Å²) in [6, 6.07) is 3.45. The Morgan fingerprint density at radius 3 is 2.32 bits per heavy atom. The monoisotopic (exact) mass is 276 g/mol. The quantitative estimate of drug-likeness (QED) is 0.614. The van der Waals surface area contributed by atoms with Gasteiger partial charge in [-0.3, -0.25) is 19.5 Å². The van der Waals surface area contributed by atoms with Crippen LogP contribution in [-0.2, 0) is 16.1 Å². The van der Waals surface area contributed by atoms with Gasteiger partial charge in [0.05, 0.1) is 29.1 Å². The lowest BCUT2D eigenvalue weighted by atomic mass is 9.85. The molecule has 1 aromatic heterocycles. The van der Waals surface area contributed by atoms with Gasteiger partial charge in [0, 0.05) is 6.20 Å². The third-order valence-electron chi connectivity index (χ3n) is 3.71. The Kier molecular flexibility index (Phi) is 3.11. The average Bonchev–Trinajstić information content (AvgIpc) is 2.67. The Morgan fingerprint density at radius 2 is 1.79 bits per heavy atom. The van der Waals surface area contributed by atoms with Gasteiger partial charge in [0.25, 0.3) is 0 Å². The number of nitrogens with zero attached hydrogens (tertiary/aromatic N) is 2. The van der Waals surface area contributed by atoms with Crippen molar-refractivity contribution in [2.75, 3.05) is 0 Å². The van der Waals surface area contributed by atoms with Crippen molar-refractivity contribution in [3.05, 3.63) is 41.2 Å². The summed E-state index contributed by atoms with van der Waals surface area (Å²) < 4.78 is 0. The topological polar surface area (TPSA) is 50.3 Å². The fraction of sp³-hybridized carbons (Fsp3) is 0.357. The van der Waals surface area contributed by atoms with E-state index in [-0.39, 0.29) is 30.2 Å². The Labute approximate surface area is 116 Å². The van der Waals surface area contributed by atoms with E-state index >= 15 is 0 Å². The van der Waals surface area contributed by atoms with Gasteiger partial charge in [-0.15, -0.1) is 0 Å². The number of pyridine rings is 1. The minimum absolute atomic E-state index is 0.0731. The number of amides is 2. The number of hydrogen-bond donors (Lipinski definition) is 0. The molecule has 1 aliphatic carbocycles. The highest BCUT2D eigenvalue weighted by Crippen LogP contribution is 2.35. The van der Waals surface area contributed by atoms with E-state index in [0.717, 1.165) is 0 Å². The average molecular weight is 277 g/mol. The first-order valence-electron chi connectivity index (χ1n) is 6.27. The number of rotatable bonds is 2. The van der Waals surface area contributed by atoms with Crippen molar-refractivity contribution in [2.24, 2.45) is 11.8 Å². The molecule has 0 spiro atoms. The van der Waals surface area contributed by atoms with E-state index in [9.17, 15) is 9.59 Å². The molecule has 4 nitrogen and oxygen atoms in total. The van der Waals surface area contributed by atoms with Crippen LogP contribution in [0.3, 0.4) is 0 Å². The second-order valence-corrected chi connectivity index (χ2v) is 5.32. The molecule has 1 aliphatic heterocycles. The Bertz CT molecular complexity index is 527. The van der Waals surface area contributed by atoms with Gasteiger partial charge in [-0.25, -0.2) is 0 Å². The number of carbonyl (C=O) groups is 2. The summed E-state index contributed by atoms with van der Waals surface area (Å²) in [5.74, 6) is -0.498. The molecule has 1 aromatic rings. The first-order valence-corrected chi connectivity index (χ1v) is 6.65. The molecule has 1 saturated heterocycles. The molecule has 2 heterocycles. The second kappa shape index (κ2) is 4.78. The molecule has 2 amide bonds. The Morgan fingerprint density at radius 1 is 1.16 bits per heavy atom. The largest absolute Gasteiger partial charge is 0.276 e. The lowest BCUT2D eigenvalue weighted by Gasteiger charge is -2.14. The van der Waals surface area contributed by atoms with Gasteiger partial charge in [0.1, 0.15) is 0 Å². The molecule has 0 bridgehead atoms. The molecule has 0 saturated carbocycles. The van der Waals surface area contributed by atoms with E-state index in [4.69, 9.17) is 11.6 Å². The predicted molar refractivity (Wildman–Crippen MR) is 70.2 cm³/mol. The standard InChI is InChI=1S/C14H13ClN2O2/c15-9-5-6-10(16-7-9)8-17-13(18)11-3-1-2-4-12(11)14(17)19/h1-2,5-7,11-12H,3-4,8H2/t11-,12+. The van der Waals surface area contributed by atoms with E-state index < -0.39 is 0 Å². The number of allylic oxidation sites excluding steroid dienone is 2. The van der Waals surface area contributed by atoms with Crippen LogP contribution in [0.4, 0.5) is 0 Å². The second-order valence-electron chi connectivity index (χ2n) is 4.89. The minimum atomic E-state index is -0.176. The van der Waals surface area contributed by atoms with Crippen LogP contribution in [0.5, 0.6) is 0 Å². The van der Waals surface area contributed by atoms with Crippen LogP contribution in [-0.4, -0.2) is 21.7 Å². The zero-order valence-corrected chi connectivity index (χ0v) is 11.0. The van der Waals surface area contributed by atoms with Crippen LogP contribution >= 0.6 is 11.6 Å².